The number of Topliss-reactive ketones (excluding diaryl/α,β-unsaturated/α-hetero) is 1. The van der Waals surface area contributed by atoms with Gasteiger partial charge in [0.05, 0.1) is 5.02 Å². The van der Waals surface area contributed by atoms with E-state index in [1.54, 1.807) is 6.07 Å². The molecule has 20 heavy (non-hydrogen) atoms. The number of benzene rings is 2. The number of halogens is 4. The second-order valence-electron chi connectivity index (χ2n) is 4.06. The van der Waals surface area contributed by atoms with E-state index >= 15 is 0 Å². The maximum Gasteiger partial charge on any atom is 0.197 e. The summed E-state index contributed by atoms with van der Waals surface area (Å²) >= 11 is 23.5. The largest absolute Gasteiger partial charge is 0.380 e. The van der Waals surface area contributed by atoms with Gasteiger partial charge in [-0.15, -0.1) is 0 Å². The summed E-state index contributed by atoms with van der Waals surface area (Å²) < 4.78 is 0. The van der Waals surface area contributed by atoms with E-state index < -0.39 is 11.9 Å². The van der Waals surface area contributed by atoms with E-state index in [1.165, 1.54) is 30.3 Å². The molecule has 0 bridgehead atoms. The predicted octanol–water partition coefficient (Wildman–Crippen LogP) is 5.22. The van der Waals surface area contributed by atoms with Crippen molar-refractivity contribution in [2.24, 2.45) is 0 Å². The normalized spacial score (nSPS) is 12.2. The Morgan fingerprint density at radius 1 is 0.900 bits per heavy atom. The van der Waals surface area contributed by atoms with Crippen LogP contribution in [0.2, 0.25) is 20.1 Å². The van der Waals surface area contributed by atoms with Crippen LogP contribution in [-0.2, 0) is 0 Å². The second-order valence-corrected chi connectivity index (χ2v) is 5.74. The van der Waals surface area contributed by atoms with Crippen LogP contribution in [0.25, 0.3) is 0 Å². The van der Waals surface area contributed by atoms with Crippen LogP contribution in [0.4, 0.5) is 0 Å². The summed E-state index contributed by atoms with van der Waals surface area (Å²) in [5.74, 6) is -0.559. The topological polar surface area (TPSA) is 37.3 Å². The third-order valence-electron chi connectivity index (χ3n) is 2.70. The Morgan fingerprint density at radius 2 is 1.45 bits per heavy atom. The number of rotatable bonds is 3. The summed E-state index contributed by atoms with van der Waals surface area (Å²) in [7, 11) is 0. The third kappa shape index (κ3) is 3.27. The highest BCUT2D eigenvalue weighted by atomic mass is 35.5. The van der Waals surface area contributed by atoms with Gasteiger partial charge in [0.2, 0.25) is 0 Å². The van der Waals surface area contributed by atoms with Crippen LogP contribution >= 0.6 is 46.4 Å². The standard InChI is InChI=1S/C14H8Cl4O2/c15-7-1-3-9(11(17)5-7)13(19)14(20)10-4-2-8(16)6-12(10)18/h1-6,13,19H/t13-/m0/s1. The first kappa shape index (κ1) is 15.6. The van der Waals surface area contributed by atoms with Crippen LogP contribution in [-0.4, -0.2) is 10.9 Å². The molecule has 2 aromatic rings. The van der Waals surface area contributed by atoms with Gasteiger partial charge in [0, 0.05) is 26.2 Å². The molecule has 1 N–H and O–H groups in total. The van der Waals surface area contributed by atoms with Crippen molar-refractivity contribution < 1.29 is 9.90 Å². The number of aliphatic hydroxyl groups excluding tert-OH is 1. The molecule has 0 aliphatic heterocycles. The van der Waals surface area contributed by atoms with Crippen molar-refractivity contribution in [2.45, 2.75) is 6.10 Å². The fourth-order valence-corrected chi connectivity index (χ4v) is 2.71. The van der Waals surface area contributed by atoms with Crippen molar-refractivity contribution in [1.29, 1.82) is 0 Å². The zero-order valence-corrected chi connectivity index (χ0v) is 12.9. The predicted molar refractivity (Wildman–Crippen MR) is 82.2 cm³/mol. The van der Waals surface area contributed by atoms with E-state index in [-0.39, 0.29) is 21.2 Å². The molecule has 0 spiro atoms. The van der Waals surface area contributed by atoms with Crippen molar-refractivity contribution in [1.82, 2.24) is 0 Å². The van der Waals surface area contributed by atoms with Crippen molar-refractivity contribution in [3.05, 3.63) is 67.6 Å². The number of hydrogen-bond donors (Lipinski definition) is 1. The monoisotopic (exact) mass is 348 g/mol. The Hall–Kier alpha value is -0.770. The molecule has 0 aliphatic carbocycles. The third-order valence-corrected chi connectivity index (χ3v) is 3.81. The Bertz CT molecular complexity index is 670. The van der Waals surface area contributed by atoms with Crippen molar-refractivity contribution in [3.63, 3.8) is 0 Å². The van der Waals surface area contributed by atoms with Gasteiger partial charge in [-0.1, -0.05) is 52.5 Å². The molecular formula is C14H8Cl4O2. The van der Waals surface area contributed by atoms with Gasteiger partial charge in [0.25, 0.3) is 0 Å². The lowest BCUT2D eigenvalue weighted by molar-refractivity contribution is 0.0748. The Kier molecular flexibility index (Phi) is 4.95. The number of carbonyl (C=O) groups is 1. The molecule has 0 saturated heterocycles. The van der Waals surface area contributed by atoms with Gasteiger partial charge in [-0.2, -0.15) is 0 Å². The molecule has 0 aromatic heterocycles. The molecule has 2 nitrogen and oxygen atoms in total. The van der Waals surface area contributed by atoms with Crippen LogP contribution < -0.4 is 0 Å². The number of ketones is 1. The van der Waals surface area contributed by atoms with Gasteiger partial charge in [0.15, 0.2) is 5.78 Å². The zero-order valence-electron chi connectivity index (χ0n) is 9.91. The van der Waals surface area contributed by atoms with Crippen molar-refractivity contribution in [3.8, 4) is 0 Å². The average Bonchev–Trinajstić information content (AvgIpc) is 2.37. The Labute approximate surface area is 135 Å². The van der Waals surface area contributed by atoms with Crippen LogP contribution in [0.3, 0.4) is 0 Å². The van der Waals surface area contributed by atoms with Crippen LogP contribution in [0.15, 0.2) is 36.4 Å². The van der Waals surface area contributed by atoms with Gasteiger partial charge >= 0.3 is 0 Å². The molecule has 0 unspecified atom stereocenters. The first-order valence-corrected chi connectivity index (χ1v) is 7.03. The van der Waals surface area contributed by atoms with Crippen molar-refractivity contribution in [2.75, 3.05) is 0 Å². The summed E-state index contributed by atoms with van der Waals surface area (Å²) in [6.45, 7) is 0. The van der Waals surface area contributed by atoms with E-state index in [4.69, 9.17) is 46.4 Å². The minimum atomic E-state index is -1.42. The minimum Gasteiger partial charge on any atom is -0.380 e. The molecule has 0 radical (unpaired) electrons. The molecule has 0 fully saturated rings. The molecule has 2 aromatic carbocycles. The maximum atomic E-state index is 12.2. The first-order chi connectivity index (χ1) is 9.40. The van der Waals surface area contributed by atoms with E-state index in [2.05, 4.69) is 0 Å². The lowest BCUT2D eigenvalue weighted by Crippen LogP contribution is -2.13. The molecule has 0 heterocycles. The van der Waals surface area contributed by atoms with Crippen LogP contribution in [0, 0.1) is 0 Å². The summed E-state index contributed by atoms with van der Waals surface area (Å²) in [6.07, 6.45) is -1.42. The number of aliphatic hydroxyl groups is 1. The van der Waals surface area contributed by atoms with Crippen LogP contribution in [0.1, 0.15) is 22.0 Å². The van der Waals surface area contributed by atoms with E-state index in [0.29, 0.717) is 10.0 Å². The summed E-state index contributed by atoms with van der Waals surface area (Å²) in [4.78, 5) is 12.2. The Balaban J connectivity index is 2.37. The van der Waals surface area contributed by atoms with Gasteiger partial charge in [-0.05, 0) is 30.3 Å². The second kappa shape index (κ2) is 6.33. The smallest absolute Gasteiger partial charge is 0.197 e. The molecule has 6 heteroatoms. The quantitative estimate of drug-likeness (QED) is 0.771. The molecule has 2 rings (SSSR count). The SMILES string of the molecule is O=C(c1ccc(Cl)cc1Cl)[C@@H](O)c1ccc(Cl)cc1Cl. The Morgan fingerprint density at radius 3 is 2.00 bits per heavy atom. The highest BCUT2D eigenvalue weighted by Crippen LogP contribution is 2.30. The van der Waals surface area contributed by atoms with E-state index in [0.717, 1.165) is 0 Å². The van der Waals surface area contributed by atoms with Gasteiger partial charge in [-0.25, -0.2) is 0 Å². The highest BCUT2D eigenvalue weighted by Gasteiger charge is 2.23. The van der Waals surface area contributed by atoms with Gasteiger partial charge in [0.1, 0.15) is 6.10 Å². The first-order valence-electron chi connectivity index (χ1n) is 5.52. The lowest BCUT2D eigenvalue weighted by atomic mass is 10.00. The molecule has 0 saturated carbocycles. The zero-order chi connectivity index (χ0) is 14.9. The molecule has 1 atom stereocenters. The lowest BCUT2D eigenvalue weighted by Gasteiger charge is -2.13. The summed E-state index contributed by atoms with van der Waals surface area (Å²) in [5, 5.41) is 11.4. The number of carbonyl (C=O) groups excluding carboxylic acids is 1. The fraction of sp³-hybridized carbons (Fsp3) is 0.0714. The molecular weight excluding hydrogens is 342 g/mol. The van der Waals surface area contributed by atoms with Gasteiger partial charge < -0.3 is 5.11 Å². The highest BCUT2D eigenvalue weighted by molar-refractivity contribution is 6.37. The molecule has 104 valence electrons. The van der Waals surface area contributed by atoms with E-state index in [9.17, 15) is 9.90 Å². The average molecular weight is 350 g/mol. The number of hydrogen-bond acceptors (Lipinski definition) is 2. The summed E-state index contributed by atoms with van der Waals surface area (Å²) in [5.41, 5.74) is 0.446. The maximum absolute atomic E-state index is 12.2. The summed E-state index contributed by atoms with van der Waals surface area (Å²) in [6, 6.07) is 8.92. The van der Waals surface area contributed by atoms with Gasteiger partial charge in [-0.3, -0.25) is 4.79 Å². The molecule has 0 aliphatic rings. The van der Waals surface area contributed by atoms with Crippen LogP contribution in [0.5, 0.6) is 0 Å². The minimum absolute atomic E-state index is 0.173. The molecule has 0 amide bonds. The van der Waals surface area contributed by atoms with Crippen molar-refractivity contribution >= 4 is 52.2 Å². The van der Waals surface area contributed by atoms with E-state index in [1.807, 2.05) is 0 Å². The fourth-order valence-electron chi connectivity index (χ4n) is 1.70.